The van der Waals surface area contributed by atoms with Gasteiger partial charge >= 0.3 is 0 Å². The van der Waals surface area contributed by atoms with E-state index in [0.717, 1.165) is 11.1 Å². The van der Waals surface area contributed by atoms with Gasteiger partial charge in [0.2, 0.25) is 0 Å². The predicted octanol–water partition coefficient (Wildman–Crippen LogP) is 1.91. The molecule has 2 rings (SSSR count). The fourth-order valence-corrected chi connectivity index (χ4v) is 3.14. The largest absolute Gasteiger partial charge is 0.370 e. The van der Waals surface area contributed by atoms with Crippen molar-refractivity contribution in [3.05, 3.63) is 35.4 Å². The van der Waals surface area contributed by atoms with Crippen LogP contribution in [0.15, 0.2) is 29.3 Å². The lowest BCUT2D eigenvalue weighted by atomic mass is 10.1. The zero-order chi connectivity index (χ0) is 14.4. The van der Waals surface area contributed by atoms with Crippen LogP contribution in [0.4, 0.5) is 0 Å². The summed E-state index contributed by atoms with van der Waals surface area (Å²) >= 11 is 0. The minimum Gasteiger partial charge on any atom is -0.370 e. The van der Waals surface area contributed by atoms with Crippen LogP contribution < -0.4 is 11.1 Å². The van der Waals surface area contributed by atoms with E-state index in [1.54, 1.807) is 6.26 Å². The molecule has 1 saturated carbocycles. The van der Waals surface area contributed by atoms with E-state index in [-0.39, 0.29) is 0 Å². The number of rotatable bonds is 5. The van der Waals surface area contributed by atoms with E-state index in [1.807, 2.05) is 24.3 Å². The van der Waals surface area contributed by atoms with Gasteiger partial charge in [0.05, 0.1) is 6.54 Å². The predicted molar refractivity (Wildman–Crippen MR) is 84.9 cm³/mol. The van der Waals surface area contributed by atoms with E-state index in [2.05, 4.69) is 10.3 Å². The van der Waals surface area contributed by atoms with Crippen LogP contribution >= 0.6 is 0 Å². The molecule has 110 valence electrons. The van der Waals surface area contributed by atoms with Gasteiger partial charge in [0.1, 0.15) is 0 Å². The van der Waals surface area contributed by atoms with Crippen LogP contribution in [-0.4, -0.2) is 22.5 Å². The maximum Gasteiger partial charge on any atom is 0.189 e. The SMILES string of the molecule is CS(=O)Cc1ccc(CN=C(N)NC2CCCC2)cc1. The zero-order valence-corrected chi connectivity index (χ0v) is 12.8. The number of hydrogen-bond donors (Lipinski definition) is 2. The highest BCUT2D eigenvalue weighted by atomic mass is 32.2. The first-order chi connectivity index (χ1) is 9.63. The van der Waals surface area contributed by atoms with Crippen molar-refractivity contribution in [2.24, 2.45) is 10.7 Å². The topological polar surface area (TPSA) is 67.5 Å². The molecular formula is C15H23N3OS. The van der Waals surface area contributed by atoms with Crippen LogP contribution in [0.2, 0.25) is 0 Å². The van der Waals surface area contributed by atoms with Crippen molar-refractivity contribution in [3.8, 4) is 0 Å². The molecule has 0 saturated heterocycles. The smallest absolute Gasteiger partial charge is 0.189 e. The molecule has 1 unspecified atom stereocenters. The van der Waals surface area contributed by atoms with Crippen molar-refractivity contribution in [1.29, 1.82) is 0 Å². The number of benzene rings is 1. The number of nitrogens with zero attached hydrogens (tertiary/aromatic N) is 1. The summed E-state index contributed by atoms with van der Waals surface area (Å²) in [7, 11) is -0.795. The standard InChI is InChI=1S/C15H23N3OS/c1-20(19)11-13-8-6-12(7-9-13)10-17-15(16)18-14-4-2-3-5-14/h6-9,14H,2-5,10-11H2,1H3,(H3,16,17,18). The first-order valence-corrected chi connectivity index (χ1v) is 8.80. The molecule has 0 aromatic heterocycles. The molecule has 4 nitrogen and oxygen atoms in total. The summed E-state index contributed by atoms with van der Waals surface area (Å²) in [6.07, 6.45) is 6.67. The lowest BCUT2D eigenvalue weighted by Gasteiger charge is -2.12. The molecule has 20 heavy (non-hydrogen) atoms. The summed E-state index contributed by atoms with van der Waals surface area (Å²) < 4.78 is 11.1. The highest BCUT2D eigenvalue weighted by Crippen LogP contribution is 2.17. The molecular weight excluding hydrogens is 270 g/mol. The Bertz CT molecular complexity index is 478. The second-order valence-corrected chi connectivity index (χ2v) is 6.80. The molecule has 1 fully saturated rings. The van der Waals surface area contributed by atoms with Crippen LogP contribution in [0.25, 0.3) is 0 Å². The van der Waals surface area contributed by atoms with Crippen molar-refractivity contribution in [1.82, 2.24) is 5.32 Å². The number of guanidine groups is 1. The van der Waals surface area contributed by atoms with Gasteiger partial charge in [0.25, 0.3) is 0 Å². The Labute approximate surface area is 123 Å². The normalized spacial score (nSPS) is 18.1. The van der Waals surface area contributed by atoms with Gasteiger partial charge in [-0.3, -0.25) is 4.21 Å². The van der Waals surface area contributed by atoms with Crippen LogP contribution in [0.1, 0.15) is 36.8 Å². The molecule has 0 bridgehead atoms. The third-order valence-electron chi connectivity index (χ3n) is 3.53. The Balaban J connectivity index is 1.84. The van der Waals surface area contributed by atoms with Gasteiger partial charge in [0.15, 0.2) is 5.96 Å². The second-order valence-electron chi connectivity index (χ2n) is 5.36. The van der Waals surface area contributed by atoms with Crippen LogP contribution in [0.3, 0.4) is 0 Å². The molecule has 1 atom stereocenters. The number of nitrogens with two attached hydrogens (primary N) is 1. The van der Waals surface area contributed by atoms with E-state index in [9.17, 15) is 4.21 Å². The molecule has 3 N–H and O–H groups in total. The summed E-state index contributed by atoms with van der Waals surface area (Å²) in [5, 5.41) is 3.27. The average Bonchev–Trinajstić information content (AvgIpc) is 2.90. The average molecular weight is 293 g/mol. The Morgan fingerprint density at radius 1 is 1.30 bits per heavy atom. The first-order valence-electron chi connectivity index (χ1n) is 7.08. The summed E-state index contributed by atoms with van der Waals surface area (Å²) in [5.41, 5.74) is 8.11. The van der Waals surface area contributed by atoms with E-state index in [4.69, 9.17) is 5.73 Å². The van der Waals surface area contributed by atoms with Crippen molar-refractivity contribution >= 4 is 16.8 Å². The van der Waals surface area contributed by atoms with Gasteiger partial charge in [-0.2, -0.15) is 0 Å². The number of nitrogens with one attached hydrogen (secondary N) is 1. The van der Waals surface area contributed by atoms with Crippen LogP contribution in [-0.2, 0) is 23.1 Å². The number of hydrogen-bond acceptors (Lipinski definition) is 2. The Hall–Kier alpha value is -1.36. The zero-order valence-electron chi connectivity index (χ0n) is 12.0. The fraction of sp³-hybridized carbons (Fsp3) is 0.533. The summed E-state index contributed by atoms with van der Waals surface area (Å²) in [5.74, 6) is 1.14. The van der Waals surface area contributed by atoms with Crippen molar-refractivity contribution in [2.45, 2.75) is 44.0 Å². The van der Waals surface area contributed by atoms with Crippen molar-refractivity contribution in [3.63, 3.8) is 0 Å². The molecule has 0 amide bonds. The summed E-state index contributed by atoms with van der Waals surface area (Å²) in [6.45, 7) is 0.584. The third-order valence-corrected chi connectivity index (χ3v) is 4.27. The highest BCUT2D eigenvalue weighted by Gasteiger charge is 2.14. The lowest BCUT2D eigenvalue weighted by molar-refractivity contribution is 0.625. The number of aliphatic imine (C=N–C) groups is 1. The molecule has 1 aromatic carbocycles. The molecule has 5 heteroatoms. The van der Waals surface area contributed by atoms with Gasteiger partial charge in [-0.05, 0) is 24.0 Å². The minimum atomic E-state index is -0.795. The lowest BCUT2D eigenvalue weighted by Crippen LogP contribution is -2.38. The summed E-state index contributed by atoms with van der Waals surface area (Å²) in [4.78, 5) is 4.37. The minimum absolute atomic E-state index is 0.501. The maximum absolute atomic E-state index is 11.1. The first kappa shape index (κ1) is 15.0. The van der Waals surface area contributed by atoms with E-state index in [0.29, 0.717) is 24.3 Å². The quantitative estimate of drug-likeness (QED) is 0.644. The van der Waals surface area contributed by atoms with Gasteiger partial charge in [-0.15, -0.1) is 0 Å². The van der Waals surface area contributed by atoms with E-state index in [1.165, 1.54) is 25.7 Å². The molecule has 0 aliphatic heterocycles. The molecule has 1 aliphatic rings. The van der Waals surface area contributed by atoms with Gasteiger partial charge in [-0.25, -0.2) is 4.99 Å². The molecule has 0 radical (unpaired) electrons. The van der Waals surface area contributed by atoms with Crippen LogP contribution in [0, 0.1) is 0 Å². The molecule has 0 heterocycles. The monoisotopic (exact) mass is 293 g/mol. The Kier molecular flexibility index (Phi) is 5.59. The molecule has 0 spiro atoms. The Morgan fingerprint density at radius 2 is 1.90 bits per heavy atom. The highest BCUT2D eigenvalue weighted by molar-refractivity contribution is 7.83. The molecule has 1 aromatic rings. The van der Waals surface area contributed by atoms with Crippen molar-refractivity contribution < 1.29 is 4.21 Å². The Morgan fingerprint density at radius 3 is 2.50 bits per heavy atom. The maximum atomic E-state index is 11.1. The molecule has 1 aliphatic carbocycles. The van der Waals surface area contributed by atoms with Gasteiger partial charge < -0.3 is 11.1 Å². The second kappa shape index (κ2) is 7.43. The summed E-state index contributed by atoms with van der Waals surface area (Å²) in [6, 6.07) is 8.56. The van der Waals surface area contributed by atoms with E-state index >= 15 is 0 Å². The fourth-order valence-electron chi connectivity index (χ4n) is 2.48. The van der Waals surface area contributed by atoms with Gasteiger partial charge in [-0.1, -0.05) is 37.1 Å². The van der Waals surface area contributed by atoms with E-state index < -0.39 is 10.8 Å². The third kappa shape index (κ3) is 4.96. The van der Waals surface area contributed by atoms with Crippen molar-refractivity contribution in [2.75, 3.05) is 6.26 Å². The van der Waals surface area contributed by atoms with Crippen LogP contribution in [0.5, 0.6) is 0 Å². The van der Waals surface area contributed by atoms with Gasteiger partial charge in [0, 0.05) is 28.9 Å².